The van der Waals surface area contributed by atoms with Crippen LogP contribution in [0.3, 0.4) is 0 Å². The lowest BCUT2D eigenvalue weighted by atomic mass is 10.1. The zero-order valence-electron chi connectivity index (χ0n) is 21.6. The molecule has 10 nitrogen and oxygen atoms in total. The number of nitrogens with one attached hydrogen (secondary N) is 2. The maximum Gasteiger partial charge on any atom is 0.293 e. The van der Waals surface area contributed by atoms with Crippen LogP contribution in [-0.2, 0) is 4.79 Å². The summed E-state index contributed by atoms with van der Waals surface area (Å²) in [5, 5.41) is 17.4. The van der Waals surface area contributed by atoms with E-state index in [2.05, 4.69) is 15.5 Å². The van der Waals surface area contributed by atoms with Crippen LogP contribution in [0.2, 0.25) is 0 Å². The Balaban J connectivity index is 1.32. The van der Waals surface area contributed by atoms with Crippen molar-refractivity contribution in [1.29, 1.82) is 0 Å². The normalized spacial score (nSPS) is 15.7. The minimum Gasteiger partial charge on any atom is -0.368 e. The SMILES string of the molecule is CCCC(=O)N1CCN(c2ccc(NC(=S)NC(=O)c3ccc(N4CCCCC4)c([N+](=O)[O-])c3)cc2)CC1. The molecule has 4 rings (SSSR count). The molecule has 0 radical (unpaired) electrons. The van der Waals surface area contributed by atoms with Crippen molar-refractivity contribution in [2.75, 3.05) is 54.4 Å². The van der Waals surface area contributed by atoms with Crippen LogP contribution in [0, 0.1) is 10.1 Å². The van der Waals surface area contributed by atoms with Gasteiger partial charge < -0.3 is 20.0 Å². The van der Waals surface area contributed by atoms with Gasteiger partial charge >= 0.3 is 0 Å². The van der Waals surface area contributed by atoms with E-state index in [0.29, 0.717) is 30.9 Å². The number of amides is 2. The molecule has 2 aliphatic rings. The molecule has 0 unspecified atom stereocenters. The van der Waals surface area contributed by atoms with Gasteiger partial charge in [-0.2, -0.15) is 0 Å². The van der Waals surface area contributed by atoms with Gasteiger partial charge in [0.2, 0.25) is 5.91 Å². The Morgan fingerprint density at radius 3 is 2.26 bits per heavy atom. The summed E-state index contributed by atoms with van der Waals surface area (Å²) >= 11 is 5.31. The molecule has 2 fully saturated rings. The second-order valence-corrected chi connectivity index (χ2v) is 9.99. The number of rotatable bonds is 7. The smallest absolute Gasteiger partial charge is 0.293 e. The molecule has 0 aromatic heterocycles. The molecule has 0 atom stereocenters. The van der Waals surface area contributed by atoms with E-state index in [0.717, 1.165) is 57.5 Å². The van der Waals surface area contributed by atoms with Gasteiger partial charge in [-0.1, -0.05) is 6.92 Å². The van der Waals surface area contributed by atoms with Gasteiger partial charge in [0.1, 0.15) is 5.69 Å². The average molecular weight is 539 g/mol. The van der Waals surface area contributed by atoms with Crippen LogP contribution in [0.1, 0.15) is 49.4 Å². The van der Waals surface area contributed by atoms with Gasteiger partial charge in [0, 0.05) is 68.7 Å². The molecule has 2 heterocycles. The molecule has 38 heavy (non-hydrogen) atoms. The highest BCUT2D eigenvalue weighted by Gasteiger charge is 2.24. The highest BCUT2D eigenvalue weighted by molar-refractivity contribution is 7.80. The second-order valence-electron chi connectivity index (χ2n) is 9.58. The number of thiocarbonyl (C=S) groups is 1. The number of piperidine rings is 1. The van der Waals surface area contributed by atoms with Crippen molar-refractivity contribution < 1.29 is 14.5 Å². The quantitative estimate of drug-likeness (QED) is 0.307. The summed E-state index contributed by atoms with van der Waals surface area (Å²) in [6.07, 6.45) is 4.57. The first kappa shape index (κ1) is 27.3. The van der Waals surface area contributed by atoms with Crippen molar-refractivity contribution >= 4 is 51.9 Å². The first-order valence-corrected chi connectivity index (χ1v) is 13.5. The monoisotopic (exact) mass is 538 g/mol. The van der Waals surface area contributed by atoms with Crippen LogP contribution in [-0.4, -0.2) is 66.0 Å². The van der Waals surface area contributed by atoms with Gasteiger partial charge in [-0.15, -0.1) is 0 Å². The minimum absolute atomic E-state index is 0.0791. The largest absolute Gasteiger partial charge is 0.368 e. The molecule has 11 heteroatoms. The van der Waals surface area contributed by atoms with E-state index in [-0.39, 0.29) is 22.3 Å². The van der Waals surface area contributed by atoms with E-state index in [1.54, 1.807) is 12.1 Å². The van der Waals surface area contributed by atoms with Crippen molar-refractivity contribution in [3.05, 3.63) is 58.1 Å². The highest BCUT2D eigenvalue weighted by Crippen LogP contribution is 2.31. The maximum absolute atomic E-state index is 12.8. The number of carbonyl (C=O) groups excluding carboxylic acids is 2. The van der Waals surface area contributed by atoms with Crippen LogP contribution in [0.4, 0.5) is 22.7 Å². The molecule has 0 aliphatic carbocycles. The predicted molar refractivity (Wildman–Crippen MR) is 153 cm³/mol. The number of benzene rings is 2. The topological polar surface area (TPSA) is 111 Å². The van der Waals surface area contributed by atoms with Gasteiger partial charge in [-0.25, -0.2) is 0 Å². The summed E-state index contributed by atoms with van der Waals surface area (Å²) in [5.74, 6) is -0.294. The molecule has 202 valence electrons. The average Bonchev–Trinajstić information content (AvgIpc) is 2.93. The van der Waals surface area contributed by atoms with E-state index in [1.807, 2.05) is 41.0 Å². The molecule has 2 aromatic rings. The minimum atomic E-state index is -0.511. The highest BCUT2D eigenvalue weighted by atomic mass is 32.1. The molecule has 2 amide bonds. The summed E-state index contributed by atoms with van der Waals surface area (Å²) in [7, 11) is 0. The fourth-order valence-corrected chi connectivity index (χ4v) is 5.10. The number of hydrogen-bond acceptors (Lipinski definition) is 7. The van der Waals surface area contributed by atoms with Crippen LogP contribution < -0.4 is 20.4 Å². The van der Waals surface area contributed by atoms with Gasteiger partial charge in [-0.3, -0.25) is 25.0 Å². The Hall–Kier alpha value is -3.73. The third kappa shape index (κ3) is 6.77. The number of nitro groups is 1. The Bertz CT molecular complexity index is 1170. The molecule has 0 saturated carbocycles. The van der Waals surface area contributed by atoms with Gasteiger partial charge in [0.15, 0.2) is 5.11 Å². The molecule has 2 N–H and O–H groups in total. The first-order valence-electron chi connectivity index (χ1n) is 13.1. The Kier molecular flexibility index (Phi) is 9.11. The van der Waals surface area contributed by atoms with Crippen molar-refractivity contribution in [2.45, 2.75) is 39.0 Å². The molecule has 0 spiro atoms. The zero-order chi connectivity index (χ0) is 27.1. The van der Waals surface area contributed by atoms with Gasteiger partial charge in [-0.05, 0) is 74.3 Å². The summed E-state index contributed by atoms with van der Waals surface area (Å²) < 4.78 is 0. The fourth-order valence-electron chi connectivity index (χ4n) is 4.89. The third-order valence-corrected chi connectivity index (χ3v) is 7.15. The molecular formula is C27H34N6O4S. The molecule has 2 aromatic carbocycles. The number of carbonyl (C=O) groups is 2. The molecule has 2 saturated heterocycles. The first-order chi connectivity index (χ1) is 18.4. The van der Waals surface area contributed by atoms with E-state index >= 15 is 0 Å². The summed E-state index contributed by atoms with van der Waals surface area (Å²) in [4.78, 5) is 42.3. The van der Waals surface area contributed by atoms with Crippen LogP contribution in [0.15, 0.2) is 42.5 Å². The third-order valence-electron chi connectivity index (χ3n) is 6.94. The fraction of sp³-hybridized carbons (Fsp3) is 0.444. The summed E-state index contributed by atoms with van der Waals surface area (Å²) in [6, 6.07) is 12.2. The standard InChI is InChI=1S/C27H34N6O4S/c1-2-6-25(34)32-17-15-30(16-18-32)22-10-8-21(9-11-22)28-27(38)29-26(35)20-7-12-23(24(19-20)33(36)37)31-13-4-3-5-14-31/h7-12,19H,2-6,13-18H2,1H3,(H2,28,29,35,38). The van der Waals surface area contributed by atoms with Gasteiger partial charge in [0.25, 0.3) is 11.6 Å². The van der Waals surface area contributed by atoms with E-state index in [1.165, 1.54) is 6.07 Å². The van der Waals surface area contributed by atoms with Crippen molar-refractivity contribution in [3.8, 4) is 0 Å². The predicted octanol–water partition coefficient (Wildman–Crippen LogP) is 4.16. The van der Waals surface area contributed by atoms with E-state index < -0.39 is 10.8 Å². The van der Waals surface area contributed by atoms with Crippen LogP contribution >= 0.6 is 12.2 Å². The van der Waals surface area contributed by atoms with E-state index in [9.17, 15) is 19.7 Å². The lowest BCUT2D eigenvalue weighted by Gasteiger charge is -2.36. The summed E-state index contributed by atoms with van der Waals surface area (Å²) in [6.45, 7) is 6.54. The van der Waals surface area contributed by atoms with E-state index in [4.69, 9.17) is 12.2 Å². The zero-order valence-corrected chi connectivity index (χ0v) is 22.5. The summed E-state index contributed by atoms with van der Waals surface area (Å²) in [5.41, 5.74) is 2.40. The van der Waals surface area contributed by atoms with Crippen molar-refractivity contribution in [3.63, 3.8) is 0 Å². The lowest BCUT2D eigenvalue weighted by Crippen LogP contribution is -2.48. The van der Waals surface area contributed by atoms with Crippen LogP contribution in [0.5, 0.6) is 0 Å². The number of hydrogen-bond donors (Lipinski definition) is 2. The number of piperazine rings is 1. The second kappa shape index (κ2) is 12.7. The van der Waals surface area contributed by atoms with Gasteiger partial charge in [0.05, 0.1) is 4.92 Å². The van der Waals surface area contributed by atoms with Crippen molar-refractivity contribution in [1.82, 2.24) is 10.2 Å². The Morgan fingerprint density at radius 2 is 1.63 bits per heavy atom. The Morgan fingerprint density at radius 1 is 0.947 bits per heavy atom. The Labute approximate surface area is 228 Å². The number of anilines is 3. The van der Waals surface area contributed by atoms with Crippen molar-refractivity contribution in [2.24, 2.45) is 0 Å². The maximum atomic E-state index is 12.8. The lowest BCUT2D eigenvalue weighted by molar-refractivity contribution is -0.384. The molecule has 0 bridgehead atoms. The number of nitrogens with zero attached hydrogens (tertiary/aromatic N) is 4. The number of nitro benzene ring substituents is 1. The molecule has 2 aliphatic heterocycles. The molecular weight excluding hydrogens is 504 g/mol. The van der Waals surface area contributed by atoms with Crippen LogP contribution in [0.25, 0.3) is 0 Å².